The van der Waals surface area contributed by atoms with Crippen molar-refractivity contribution in [3.63, 3.8) is 0 Å². The number of hydrogen-bond acceptors (Lipinski definition) is 4. The van der Waals surface area contributed by atoms with E-state index < -0.39 is 10.0 Å². The van der Waals surface area contributed by atoms with Crippen molar-refractivity contribution in [2.45, 2.75) is 51.0 Å². The van der Waals surface area contributed by atoms with Gasteiger partial charge in [0, 0.05) is 12.5 Å². The molecule has 1 saturated carbocycles. The highest BCUT2D eigenvalue weighted by molar-refractivity contribution is 7.90. The predicted octanol–water partition coefficient (Wildman–Crippen LogP) is 1.19. The van der Waals surface area contributed by atoms with Crippen molar-refractivity contribution in [3.8, 4) is 0 Å². The average Bonchev–Trinajstić information content (AvgIpc) is 2.82. The molecule has 1 aliphatic carbocycles. The highest BCUT2D eigenvalue weighted by atomic mass is 32.2. The van der Waals surface area contributed by atoms with Crippen molar-refractivity contribution < 1.29 is 17.9 Å². The Morgan fingerprint density at radius 3 is 2.39 bits per heavy atom. The zero-order chi connectivity index (χ0) is 13.0. The quantitative estimate of drug-likeness (QED) is 0.836. The third-order valence-corrected chi connectivity index (χ3v) is 4.98. The number of carbonyl (C=O) groups excluding carboxylic acids is 1. The van der Waals surface area contributed by atoms with Crippen LogP contribution in [0, 0.1) is 5.92 Å². The van der Waals surface area contributed by atoms with Gasteiger partial charge in [-0.05, 0) is 32.1 Å². The number of rotatable bonds is 4. The van der Waals surface area contributed by atoms with Gasteiger partial charge in [-0.2, -0.15) is 0 Å². The van der Waals surface area contributed by atoms with Crippen LogP contribution in [0.4, 0.5) is 0 Å². The fourth-order valence-corrected chi connectivity index (χ4v) is 3.96. The molecule has 1 heterocycles. The smallest absolute Gasteiger partial charge is 0.237 e. The summed E-state index contributed by atoms with van der Waals surface area (Å²) in [5.74, 6) is -0.541. The Hall–Kier alpha value is -0.620. The van der Waals surface area contributed by atoms with Gasteiger partial charge in [0.2, 0.25) is 15.9 Å². The summed E-state index contributed by atoms with van der Waals surface area (Å²) in [6.07, 6.45) is 6.14. The molecule has 1 aliphatic heterocycles. The topological polar surface area (TPSA) is 72.5 Å². The summed E-state index contributed by atoms with van der Waals surface area (Å²) in [6.45, 7) is 0.622. The summed E-state index contributed by atoms with van der Waals surface area (Å²) in [7, 11) is -3.54. The molecule has 1 atom stereocenters. The van der Waals surface area contributed by atoms with Gasteiger partial charge in [-0.15, -0.1) is 0 Å². The second-order valence-corrected chi connectivity index (χ2v) is 6.98. The van der Waals surface area contributed by atoms with E-state index in [2.05, 4.69) is 4.72 Å². The molecule has 1 amide bonds. The van der Waals surface area contributed by atoms with E-state index in [1.54, 1.807) is 0 Å². The normalized spacial score (nSPS) is 26.1. The summed E-state index contributed by atoms with van der Waals surface area (Å²) >= 11 is 0. The minimum Gasteiger partial charge on any atom is -0.377 e. The van der Waals surface area contributed by atoms with Crippen LogP contribution in [0.2, 0.25) is 0 Å². The molecule has 0 radical (unpaired) electrons. The number of ether oxygens (including phenoxy) is 1. The van der Waals surface area contributed by atoms with E-state index in [4.69, 9.17) is 4.74 Å². The zero-order valence-corrected chi connectivity index (χ0v) is 11.4. The van der Waals surface area contributed by atoms with Crippen LogP contribution in [0.3, 0.4) is 0 Å². The second-order valence-electron chi connectivity index (χ2n) is 5.22. The molecule has 1 N–H and O–H groups in total. The van der Waals surface area contributed by atoms with Crippen LogP contribution in [0.15, 0.2) is 0 Å². The van der Waals surface area contributed by atoms with Crippen molar-refractivity contribution in [1.82, 2.24) is 4.72 Å². The first-order valence-electron chi connectivity index (χ1n) is 6.73. The third-order valence-electron chi connectivity index (χ3n) is 3.66. The molecular formula is C12H21NO4S. The zero-order valence-electron chi connectivity index (χ0n) is 10.6. The highest BCUT2D eigenvalue weighted by Gasteiger charge is 2.28. The van der Waals surface area contributed by atoms with E-state index in [-0.39, 0.29) is 23.7 Å². The van der Waals surface area contributed by atoms with Crippen molar-refractivity contribution in [2.75, 3.05) is 12.4 Å². The van der Waals surface area contributed by atoms with Crippen LogP contribution in [0.25, 0.3) is 0 Å². The van der Waals surface area contributed by atoms with Crippen LogP contribution < -0.4 is 4.72 Å². The predicted molar refractivity (Wildman–Crippen MR) is 67.5 cm³/mol. The first-order chi connectivity index (χ1) is 8.57. The molecule has 5 nitrogen and oxygen atoms in total. The van der Waals surface area contributed by atoms with Crippen LogP contribution in [-0.2, 0) is 19.6 Å². The maximum atomic E-state index is 11.9. The first kappa shape index (κ1) is 13.8. The van der Waals surface area contributed by atoms with Gasteiger partial charge in [-0.3, -0.25) is 9.52 Å². The Bertz CT molecular complexity index is 381. The molecule has 2 rings (SSSR count). The standard InChI is InChI=1S/C12H21NO4S/c14-12(10-5-1-2-6-10)13-18(15,16)9-11-7-3-4-8-17-11/h10-11H,1-9H2,(H,13,14). The maximum absolute atomic E-state index is 11.9. The van der Waals surface area contributed by atoms with Crippen LogP contribution in [0.5, 0.6) is 0 Å². The summed E-state index contributed by atoms with van der Waals surface area (Å²) in [4.78, 5) is 11.8. The van der Waals surface area contributed by atoms with E-state index in [1.807, 2.05) is 0 Å². The molecule has 0 bridgehead atoms. The van der Waals surface area contributed by atoms with E-state index >= 15 is 0 Å². The van der Waals surface area contributed by atoms with E-state index in [0.717, 1.165) is 44.9 Å². The molecule has 104 valence electrons. The lowest BCUT2D eigenvalue weighted by Gasteiger charge is -2.22. The van der Waals surface area contributed by atoms with E-state index in [9.17, 15) is 13.2 Å². The van der Waals surface area contributed by atoms with Gasteiger partial charge in [0.15, 0.2) is 0 Å². The van der Waals surface area contributed by atoms with Crippen molar-refractivity contribution in [2.24, 2.45) is 5.92 Å². The molecule has 2 aliphatic rings. The van der Waals surface area contributed by atoms with E-state index in [0.29, 0.717) is 6.61 Å². The van der Waals surface area contributed by atoms with Gasteiger partial charge < -0.3 is 4.74 Å². The molecule has 0 aromatic carbocycles. The lowest BCUT2D eigenvalue weighted by molar-refractivity contribution is -0.122. The summed E-state index contributed by atoms with van der Waals surface area (Å²) in [5, 5.41) is 0. The Kier molecular flexibility index (Phi) is 4.61. The Morgan fingerprint density at radius 2 is 1.78 bits per heavy atom. The molecule has 0 spiro atoms. The number of carbonyl (C=O) groups is 1. The summed E-state index contributed by atoms with van der Waals surface area (Å²) < 4.78 is 31.3. The van der Waals surface area contributed by atoms with Crippen molar-refractivity contribution in [1.29, 1.82) is 0 Å². The Morgan fingerprint density at radius 1 is 1.11 bits per heavy atom. The van der Waals surface area contributed by atoms with Gasteiger partial charge in [0.1, 0.15) is 0 Å². The van der Waals surface area contributed by atoms with Gasteiger partial charge in [-0.1, -0.05) is 12.8 Å². The molecule has 18 heavy (non-hydrogen) atoms. The van der Waals surface area contributed by atoms with Gasteiger partial charge in [-0.25, -0.2) is 8.42 Å². The molecule has 1 unspecified atom stereocenters. The van der Waals surface area contributed by atoms with Gasteiger partial charge in [0.25, 0.3) is 0 Å². The van der Waals surface area contributed by atoms with Crippen LogP contribution in [-0.4, -0.2) is 32.8 Å². The minimum atomic E-state index is -3.54. The minimum absolute atomic E-state index is 0.0918. The SMILES string of the molecule is O=C(NS(=O)(=O)CC1CCCCO1)C1CCCC1. The number of amides is 1. The second kappa shape index (κ2) is 6.02. The van der Waals surface area contributed by atoms with Crippen LogP contribution in [0.1, 0.15) is 44.9 Å². The molecule has 2 fully saturated rings. The molecule has 6 heteroatoms. The lowest BCUT2D eigenvalue weighted by atomic mass is 10.1. The van der Waals surface area contributed by atoms with Gasteiger partial charge in [0.05, 0.1) is 11.9 Å². The molecule has 0 aromatic rings. The Balaban J connectivity index is 1.84. The fraction of sp³-hybridized carbons (Fsp3) is 0.917. The largest absolute Gasteiger partial charge is 0.377 e. The number of hydrogen-bond donors (Lipinski definition) is 1. The highest BCUT2D eigenvalue weighted by Crippen LogP contribution is 2.25. The van der Waals surface area contributed by atoms with Crippen LogP contribution >= 0.6 is 0 Å². The Labute approximate surface area is 108 Å². The van der Waals surface area contributed by atoms with E-state index in [1.165, 1.54) is 0 Å². The van der Waals surface area contributed by atoms with Crippen molar-refractivity contribution >= 4 is 15.9 Å². The summed E-state index contributed by atoms with van der Waals surface area (Å²) in [6, 6.07) is 0. The lowest BCUT2D eigenvalue weighted by Crippen LogP contribution is -2.40. The molecular weight excluding hydrogens is 254 g/mol. The monoisotopic (exact) mass is 275 g/mol. The third kappa shape index (κ3) is 3.95. The maximum Gasteiger partial charge on any atom is 0.237 e. The molecule has 0 aromatic heterocycles. The number of nitrogens with one attached hydrogen (secondary N) is 1. The summed E-state index contributed by atoms with van der Waals surface area (Å²) in [5.41, 5.74) is 0. The average molecular weight is 275 g/mol. The number of sulfonamides is 1. The van der Waals surface area contributed by atoms with Crippen molar-refractivity contribution in [3.05, 3.63) is 0 Å². The van der Waals surface area contributed by atoms with Gasteiger partial charge >= 0.3 is 0 Å². The molecule has 1 saturated heterocycles. The first-order valence-corrected chi connectivity index (χ1v) is 8.38. The fourth-order valence-electron chi connectivity index (χ4n) is 2.65.